The number of carbonyl (C=O) groups is 2. The van der Waals surface area contributed by atoms with Crippen molar-refractivity contribution in [1.82, 2.24) is 9.55 Å². The number of halogens is 2. The Morgan fingerprint density at radius 3 is 2.76 bits per heavy atom. The Balaban J connectivity index is 1.54. The molecule has 1 heterocycles. The van der Waals surface area contributed by atoms with Gasteiger partial charge in [-0.05, 0) is 24.3 Å². The van der Waals surface area contributed by atoms with Crippen LogP contribution in [0.3, 0.4) is 0 Å². The third kappa shape index (κ3) is 3.97. The summed E-state index contributed by atoms with van der Waals surface area (Å²) < 4.78 is 32.7. The van der Waals surface area contributed by atoms with Crippen molar-refractivity contribution in [2.45, 2.75) is 6.54 Å². The van der Waals surface area contributed by atoms with Gasteiger partial charge in [0.1, 0.15) is 18.2 Å². The van der Waals surface area contributed by atoms with Gasteiger partial charge >= 0.3 is 5.97 Å². The molecule has 3 rings (SSSR count). The summed E-state index contributed by atoms with van der Waals surface area (Å²) in [7, 11) is 0. The van der Waals surface area contributed by atoms with Gasteiger partial charge < -0.3 is 14.6 Å². The number of benzene rings is 2. The average Bonchev–Trinajstić information content (AvgIpc) is 2.99. The van der Waals surface area contributed by atoms with E-state index in [0.29, 0.717) is 6.07 Å². The third-order valence-corrected chi connectivity index (χ3v) is 3.40. The molecular formula is C17H13F2N3O3. The number of anilines is 1. The smallest absolute Gasteiger partial charge is 0.326 e. The van der Waals surface area contributed by atoms with Crippen molar-refractivity contribution in [1.29, 1.82) is 0 Å². The number of para-hydroxylation sites is 2. The van der Waals surface area contributed by atoms with Crippen molar-refractivity contribution in [2.24, 2.45) is 0 Å². The van der Waals surface area contributed by atoms with Crippen molar-refractivity contribution in [2.75, 3.05) is 11.9 Å². The number of imidazole rings is 1. The van der Waals surface area contributed by atoms with Crippen LogP contribution in [-0.2, 0) is 20.9 Å². The van der Waals surface area contributed by atoms with Gasteiger partial charge in [-0.3, -0.25) is 9.59 Å². The fraction of sp³-hybridized carbons (Fsp3) is 0.118. The maximum absolute atomic E-state index is 13.4. The van der Waals surface area contributed by atoms with E-state index in [9.17, 15) is 18.4 Å². The normalized spacial score (nSPS) is 10.6. The number of rotatable bonds is 5. The van der Waals surface area contributed by atoms with Crippen LogP contribution in [0.1, 0.15) is 0 Å². The number of fused-ring (bicyclic) bond motifs is 1. The maximum atomic E-state index is 13.4. The second kappa shape index (κ2) is 7.08. The molecule has 0 fully saturated rings. The van der Waals surface area contributed by atoms with Crippen LogP contribution >= 0.6 is 0 Å². The summed E-state index contributed by atoms with van der Waals surface area (Å²) in [5.41, 5.74) is 1.31. The van der Waals surface area contributed by atoms with Crippen molar-refractivity contribution >= 4 is 28.6 Å². The molecule has 0 saturated carbocycles. The Kier molecular flexibility index (Phi) is 4.69. The van der Waals surface area contributed by atoms with Crippen LogP contribution in [0.15, 0.2) is 48.8 Å². The summed E-state index contributed by atoms with van der Waals surface area (Å²) in [6, 6.07) is 10.00. The molecule has 0 saturated heterocycles. The van der Waals surface area contributed by atoms with Crippen molar-refractivity contribution in [3.05, 3.63) is 60.4 Å². The lowest BCUT2D eigenvalue weighted by Crippen LogP contribution is -2.23. The molecule has 1 amide bonds. The first kappa shape index (κ1) is 16.6. The predicted molar refractivity (Wildman–Crippen MR) is 85.7 cm³/mol. The topological polar surface area (TPSA) is 73.2 Å². The monoisotopic (exact) mass is 345 g/mol. The highest BCUT2D eigenvalue weighted by Gasteiger charge is 2.12. The molecule has 0 radical (unpaired) electrons. The summed E-state index contributed by atoms with van der Waals surface area (Å²) in [6.07, 6.45) is 1.50. The van der Waals surface area contributed by atoms with Gasteiger partial charge in [0.15, 0.2) is 6.61 Å². The molecule has 3 aromatic rings. The summed E-state index contributed by atoms with van der Waals surface area (Å²) in [6.45, 7) is -0.693. The molecule has 0 aliphatic carbocycles. The number of nitrogens with one attached hydrogen (secondary N) is 1. The highest BCUT2D eigenvalue weighted by Crippen LogP contribution is 2.15. The molecule has 1 N–H and O–H groups in total. The molecule has 8 heteroatoms. The van der Waals surface area contributed by atoms with E-state index in [4.69, 9.17) is 4.74 Å². The zero-order chi connectivity index (χ0) is 17.8. The lowest BCUT2D eigenvalue weighted by Gasteiger charge is -2.08. The minimum atomic E-state index is -0.912. The molecule has 0 aliphatic rings. The minimum absolute atomic E-state index is 0.112. The number of aromatic nitrogens is 2. The van der Waals surface area contributed by atoms with Crippen LogP contribution in [0.4, 0.5) is 14.5 Å². The molecule has 0 spiro atoms. The fourth-order valence-electron chi connectivity index (χ4n) is 2.24. The Bertz CT molecular complexity index is 940. The van der Waals surface area contributed by atoms with E-state index in [1.165, 1.54) is 6.33 Å². The maximum Gasteiger partial charge on any atom is 0.326 e. The van der Waals surface area contributed by atoms with Gasteiger partial charge in [-0.25, -0.2) is 13.8 Å². The van der Waals surface area contributed by atoms with E-state index in [-0.39, 0.29) is 12.2 Å². The predicted octanol–water partition coefficient (Wildman–Crippen LogP) is 2.50. The molecule has 0 atom stereocenters. The highest BCUT2D eigenvalue weighted by atomic mass is 19.1. The Morgan fingerprint density at radius 2 is 1.96 bits per heavy atom. The number of nitrogens with zero attached hydrogens (tertiary/aromatic N) is 2. The van der Waals surface area contributed by atoms with Crippen LogP contribution in [0.5, 0.6) is 0 Å². The lowest BCUT2D eigenvalue weighted by atomic mass is 10.3. The van der Waals surface area contributed by atoms with Crippen molar-refractivity contribution < 1.29 is 23.1 Å². The van der Waals surface area contributed by atoms with E-state index in [0.717, 1.165) is 23.2 Å². The zero-order valence-electron chi connectivity index (χ0n) is 12.9. The van der Waals surface area contributed by atoms with E-state index in [1.807, 2.05) is 18.2 Å². The van der Waals surface area contributed by atoms with E-state index >= 15 is 0 Å². The summed E-state index contributed by atoms with van der Waals surface area (Å²) in [5, 5.41) is 2.20. The highest BCUT2D eigenvalue weighted by molar-refractivity contribution is 5.93. The first-order valence-electron chi connectivity index (χ1n) is 7.33. The van der Waals surface area contributed by atoms with Crippen LogP contribution in [0.25, 0.3) is 11.0 Å². The van der Waals surface area contributed by atoms with Crippen molar-refractivity contribution in [3.63, 3.8) is 0 Å². The van der Waals surface area contributed by atoms with Gasteiger partial charge in [-0.1, -0.05) is 12.1 Å². The molecule has 0 unspecified atom stereocenters. The molecule has 1 aromatic heterocycles. The second-order valence-electron chi connectivity index (χ2n) is 5.19. The molecule has 0 aliphatic heterocycles. The first-order chi connectivity index (χ1) is 12.0. The molecule has 25 heavy (non-hydrogen) atoms. The number of amides is 1. The molecular weight excluding hydrogens is 332 g/mol. The third-order valence-electron chi connectivity index (χ3n) is 3.40. The van der Waals surface area contributed by atoms with Crippen LogP contribution < -0.4 is 5.32 Å². The zero-order valence-corrected chi connectivity index (χ0v) is 12.9. The molecule has 0 bridgehead atoms. The summed E-state index contributed by atoms with van der Waals surface area (Å²) in [5.74, 6) is -3.04. The lowest BCUT2D eigenvalue weighted by molar-refractivity contribution is -0.147. The standard InChI is InChI=1S/C17H13F2N3O3/c18-11-5-6-13(12(19)7-11)21-16(23)9-25-17(24)8-22-10-20-14-3-1-2-4-15(14)22/h1-7,10H,8-9H2,(H,21,23). The van der Waals surface area contributed by atoms with Gasteiger partial charge in [0.25, 0.3) is 5.91 Å². The van der Waals surface area contributed by atoms with Crippen LogP contribution in [0.2, 0.25) is 0 Å². The number of carbonyl (C=O) groups excluding carboxylic acids is 2. The number of hydrogen-bond acceptors (Lipinski definition) is 4. The SMILES string of the molecule is O=C(COC(=O)Cn1cnc2ccccc21)Nc1ccc(F)cc1F. The van der Waals surface area contributed by atoms with Crippen molar-refractivity contribution in [3.8, 4) is 0 Å². The van der Waals surface area contributed by atoms with Gasteiger partial charge in [-0.15, -0.1) is 0 Å². The van der Waals surface area contributed by atoms with Gasteiger partial charge in [0, 0.05) is 6.07 Å². The van der Waals surface area contributed by atoms with Gasteiger partial charge in [-0.2, -0.15) is 0 Å². The largest absolute Gasteiger partial charge is 0.454 e. The minimum Gasteiger partial charge on any atom is -0.454 e. The molecule has 128 valence electrons. The number of hydrogen-bond donors (Lipinski definition) is 1. The second-order valence-corrected chi connectivity index (χ2v) is 5.19. The molecule has 6 nitrogen and oxygen atoms in total. The number of esters is 1. The number of ether oxygens (including phenoxy) is 1. The van der Waals surface area contributed by atoms with Crippen LogP contribution in [0, 0.1) is 11.6 Å². The van der Waals surface area contributed by atoms with Gasteiger partial charge in [0.2, 0.25) is 0 Å². The average molecular weight is 345 g/mol. The molecule has 2 aromatic carbocycles. The van der Waals surface area contributed by atoms with E-state index in [1.54, 1.807) is 10.6 Å². The Hall–Kier alpha value is -3.29. The van der Waals surface area contributed by atoms with E-state index in [2.05, 4.69) is 10.3 Å². The Morgan fingerprint density at radius 1 is 1.16 bits per heavy atom. The Labute approximate surface area is 141 Å². The quantitative estimate of drug-likeness (QED) is 0.721. The van der Waals surface area contributed by atoms with E-state index < -0.39 is 30.1 Å². The van der Waals surface area contributed by atoms with Gasteiger partial charge in [0.05, 0.1) is 23.0 Å². The summed E-state index contributed by atoms with van der Waals surface area (Å²) >= 11 is 0. The fourth-order valence-corrected chi connectivity index (χ4v) is 2.24. The first-order valence-corrected chi connectivity index (χ1v) is 7.33. The van der Waals surface area contributed by atoms with Crippen LogP contribution in [-0.4, -0.2) is 28.0 Å². The summed E-state index contributed by atoms with van der Waals surface area (Å²) in [4.78, 5) is 27.7.